The van der Waals surface area contributed by atoms with Gasteiger partial charge in [-0.25, -0.2) is 0 Å². The Labute approximate surface area is 121 Å². The zero-order valence-corrected chi connectivity index (χ0v) is 12.5. The summed E-state index contributed by atoms with van der Waals surface area (Å²) >= 11 is 0. The molecule has 2 nitrogen and oxygen atoms in total. The van der Waals surface area contributed by atoms with Gasteiger partial charge in [0, 0.05) is 18.9 Å². The predicted molar refractivity (Wildman–Crippen MR) is 80.0 cm³/mol. The maximum atomic E-state index is 11.8. The van der Waals surface area contributed by atoms with Crippen molar-refractivity contribution < 1.29 is 9.53 Å². The van der Waals surface area contributed by atoms with Gasteiger partial charge in [0.25, 0.3) is 0 Å². The highest BCUT2D eigenvalue weighted by atomic mass is 16.5. The molecule has 0 N–H and O–H groups in total. The van der Waals surface area contributed by atoms with Gasteiger partial charge in [0.05, 0.1) is 6.10 Å². The van der Waals surface area contributed by atoms with Crippen molar-refractivity contribution in [3.63, 3.8) is 0 Å². The van der Waals surface area contributed by atoms with E-state index in [4.69, 9.17) is 4.74 Å². The number of ether oxygens (including phenoxy) is 1. The minimum atomic E-state index is 0.170. The fourth-order valence-electron chi connectivity index (χ4n) is 3.70. The largest absolute Gasteiger partial charge is 0.381 e. The number of carbonyl (C=O) groups excluding carboxylic acids is 1. The van der Waals surface area contributed by atoms with E-state index in [2.05, 4.69) is 24.3 Å². The Kier molecular flexibility index (Phi) is 3.93. The van der Waals surface area contributed by atoms with E-state index in [0.29, 0.717) is 17.8 Å². The van der Waals surface area contributed by atoms with Gasteiger partial charge in [0.1, 0.15) is 5.78 Å². The topological polar surface area (TPSA) is 26.3 Å². The number of carbonyl (C=O) groups is 1. The van der Waals surface area contributed by atoms with E-state index < -0.39 is 0 Å². The molecule has 2 fully saturated rings. The van der Waals surface area contributed by atoms with Gasteiger partial charge < -0.3 is 4.74 Å². The van der Waals surface area contributed by atoms with Crippen LogP contribution in [0.3, 0.4) is 0 Å². The zero-order chi connectivity index (χ0) is 14.1. The molecule has 20 heavy (non-hydrogen) atoms. The number of methoxy groups -OCH3 is 1. The summed E-state index contributed by atoms with van der Waals surface area (Å²) in [6.07, 6.45) is 6.26. The smallest absolute Gasteiger partial charge is 0.143 e. The van der Waals surface area contributed by atoms with Crippen LogP contribution in [0, 0.1) is 5.92 Å². The van der Waals surface area contributed by atoms with Crippen molar-refractivity contribution >= 4 is 5.78 Å². The summed E-state index contributed by atoms with van der Waals surface area (Å²) in [5.41, 5.74) is 2.64. The third kappa shape index (κ3) is 2.54. The van der Waals surface area contributed by atoms with Gasteiger partial charge in [0.15, 0.2) is 0 Å². The molecule has 0 amide bonds. The van der Waals surface area contributed by atoms with Crippen LogP contribution < -0.4 is 0 Å². The second-order valence-electron chi connectivity index (χ2n) is 6.47. The predicted octanol–water partition coefficient (Wildman–Crippen LogP) is 4.05. The van der Waals surface area contributed by atoms with E-state index in [9.17, 15) is 4.79 Å². The van der Waals surface area contributed by atoms with Gasteiger partial charge in [-0.05, 0) is 49.1 Å². The molecule has 2 atom stereocenters. The fourth-order valence-corrected chi connectivity index (χ4v) is 3.70. The molecular weight excluding hydrogens is 248 g/mol. The number of Topliss-reactive ketones (excluding diaryl/α,β-unsaturated/α-hetero) is 1. The molecular formula is C18H24O2. The van der Waals surface area contributed by atoms with Crippen molar-refractivity contribution in [2.45, 2.75) is 57.0 Å². The minimum Gasteiger partial charge on any atom is -0.381 e. The van der Waals surface area contributed by atoms with Crippen molar-refractivity contribution in [1.82, 2.24) is 0 Å². The first-order valence-electron chi connectivity index (χ1n) is 7.85. The highest BCUT2D eigenvalue weighted by Gasteiger charge is 2.36. The molecule has 0 saturated heterocycles. The molecule has 0 aliphatic heterocycles. The summed E-state index contributed by atoms with van der Waals surface area (Å²) in [6.45, 7) is 2.03. The molecule has 2 unspecified atom stereocenters. The lowest BCUT2D eigenvalue weighted by Crippen LogP contribution is -2.33. The average Bonchev–Trinajstić information content (AvgIpc) is 2.52. The molecule has 1 aromatic carbocycles. The third-order valence-electron chi connectivity index (χ3n) is 5.24. The second-order valence-corrected chi connectivity index (χ2v) is 6.47. The maximum Gasteiger partial charge on any atom is 0.143 e. The molecule has 2 aliphatic rings. The normalized spacial score (nSPS) is 33.8. The maximum absolute atomic E-state index is 11.8. The highest BCUT2D eigenvalue weighted by molar-refractivity contribution is 5.93. The average molecular weight is 272 g/mol. The first kappa shape index (κ1) is 13.8. The van der Waals surface area contributed by atoms with E-state index >= 15 is 0 Å². The van der Waals surface area contributed by atoms with E-state index in [-0.39, 0.29) is 11.8 Å². The molecule has 108 valence electrons. The number of hydrogen-bond acceptors (Lipinski definition) is 2. The summed E-state index contributed by atoms with van der Waals surface area (Å²) in [5.74, 6) is 1.53. The molecule has 2 saturated carbocycles. The van der Waals surface area contributed by atoms with E-state index in [1.165, 1.54) is 36.8 Å². The molecule has 3 rings (SSSR count). The summed E-state index contributed by atoms with van der Waals surface area (Å²) < 4.78 is 5.43. The summed E-state index contributed by atoms with van der Waals surface area (Å²) in [7, 11) is 1.82. The van der Waals surface area contributed by atoms with Crippen LogP contribution in [0.2, 0.25) is 0 Å². The van der Waals surface area contributed by atoms with E-state index in [1.54, 1.807) is 0 Å². The summed E-state index contributed by atoms with van der Waals surface area (Å²) in [6, 6.07) is 8.82. The third-order valence-corrected chi connectivity index (χ3v) is 5.24. The van der Waals surface area contributed by atoms with Crippen molar-refractivity contribution in [3.05, 3.63) is 35.4 Å². The Morgan fingerprint density at radius 3 is 2.10 bits per heavy atom. The van der Waals surface area contributed by atoms with Gasteiger partial charge in [-0.3, -0.25) is 4.79 Å². The van der Waals surface area contributed by atoms with Crippen LogP contribution in [0.5, 0.6) is 0 Å². The van der Waals surface area contributed by atoms with Crippen molar-refractivity contribution in [3.8, 4) is 0 Å². The van der Waals surface area contributed by atoms with Crippen LogP contribution >= 0.6 is 0 Å². The quantitative estimate of drug-likeness (QED) is 0.829. The molecule has 0 aromatic heterocycles. The van der Waals surface area contributed by atoms with Gasteiger partial charge in [-0.1, -0.05) is 31.2 Å². The SMILES string of the molecule is COC1CCC(c2ccc(C3CC(C)C3=O)cc2)CC1. The van der Waals surface area contributed by atoms with Crippen molar-refractivity contribution in [1.29, 1.82) is 0 Å². The second kappa shape index (κ2) is 5.69. The number of hydrogen-bond donors (Lipinski definition) is 0. The first-order chi connectivity index (χ1) is 9.69. The lowest BCUT2D eigenvalue weighted by atomic mass is 9.71. The Bertz CT molecular complexity index is 469. The molecule has 2 heteroatoms. The number of benzene rings is 1. The number of ketones is 1. The van der Waals surface area contributed by atoms with Crippen LogP contribution in [0.25, 0.3) is 0 Å². The van der Waals surface area contributed by atoms with Crippen LogP contribution in [0.1, 0.15) is 62.0 Å². The minimum absolute atomic E-state index is 0.170. The van der Waals surface area contributed by atoms with Crippen molar-refractivity contribution in [2.75, 3.05) is 7.11 Å². The van der Waals surface area contributed by atoms with Crippen LogP contribution in [-0.2, 0) is 9.53 Å². The van der Waals surface area contributed by atoms with Gasteiger partial charge in [-0.15, -0.1) is 0 Å². The lowest BCUT2D eigenvalue weighted by Gasteiger charge is -2.32. The Hall–Kier alpha value is -1.15. The van der Waals surface area contributed by atoms with E-state index in [1.807, 2.05) is 14.0 Å². The van der Waals surface area contributed by atoms with Crippen LogP contribution in [-0.4, -0.2) is 19.0 Å². The molecule has 0 bridgehead atoms. The molecule has 0 spiro atoms. The molecule has 0 radical (unpaired) electrons. The van der Waals surface area contributed by atoms with Crippen molar-refractivity contribution in [2.24, 2.45) is 5.92 Å². The lowest BCUT2D eigenvalue weighted by molar-refractivity contribution is -0.130. The first-order valence-corrected chi connectivity index (χ1v) is 7.85. The zero-order valence-electron chi connectivity index (χ0n) is 12.5. The standard InChI is InChI=1S/C18H24O2/c1-12-11-17(18(12)19)15-5-3-13(4-6-15)14-7-9-16(20-2)10-8-14/h3-6,12,14,16-17H,7-11H2,1-2H3. The molecule has 0 heterocycles. The van der Waals surface area contributed by atoms with Gasteiger partial charge in [-0.2, -0.15) is 0 Å². The summed E-state index contributed by atoms with van der Waals surface area (Å²) in [4.78, 5) is 11.8. The Morgan fingerprint density at radius 1 is 1.00 bits per heavy atom. The fraction of sp³-hybridized carbons (Fsp3) is 0.611. The molecule has 2 aliphatic carbocycles. The van der Waals surface area contributed by atoms with Gasteiger partial charge >= 0.3 is 0 Å². The molecule has 1 aromatic rings. The van der Waals surface area contributed by atoms with E-state index in [0.717, 1.165) is 6.42 Å². The summed E-state index contributed by atoms with van der Waals surface area (Å²) in [5, 5.41) is 0. The Balaban J connectivity index is 1.63. The van der Waals surface area contributed by atoms with Crippen LogP contribution in [0.4, 0.5) is 0 Å². The Morgan fingerprint density at radius 2 is 1.60 bits per heavy atom. The number of rotatable bonds is 3. The monoisotopic (exact) mass is 272 g/mol. The van der Waals surface area contributed by atoms with Crippen LogP contribution in [0.15, 0.2) is 24.3 Å². The van der Waals surface area contributed by atoms with Gasteiger partial charge in [0.2, 0.25) is 0 Å². The highest BCUT2D eigenvalue weighted by Crippen LogP contribution is 2.39.